The molecule has 1 aromatic heterocycles. The van der Waals surface area contributed by atoms with Gasteiger partial charge in [-0.05, 0) is 25.5 Å². The van der Waals surface area contributed by atoms with Gasteiger partial charge in [-0.3, -0.25) is 9.88 Å². The van der Waals surface area contributed by atoms with Crippen LogP contribution in [0.3, 0.4) is 0 Å². The molecule has 4 heteroatoms. The van der Waals surface area contributed by atoms with Gasteiger partial charge in [0.25, 0.3) is 0 Å². The lowest BCUT2D eigenvalue weighted by atomic mass is 10.1. The van der Waals surface area contributed by atoms with E-state index in [1.807, 2.05) is 12.1 Å². The molecule has 2 atom stereocenters. The van der Waals surface area contributed by atoms with E-state index in [4.69, 9.17) is 16.3 Å². The number of ether oxygens (including phenoxy) is 1. The summed E-state index contributed by atoms with van der Waals surface area (Å²) in [5.74, 6) is 0. The van der Waals surface area contributed by atoms with Gasteiger partial charge in [0.15, 0.2) is 0 Å². The highest BCUT2D eigenvalue weighted by atomic mass is 35.5. The summed E-state index contributed by atoms with van der Waals surface area (Å²) in [7, 11) is 0. The Labute approximate surface area is 108 Å². The minimum absolute atomic E-state index is 0.303. The lowest BCUT2D eigenvalue weighted by Gasteiger charge is -2.38. The molecule has 2 heterocycles. The van der Waals surface area contributed by atoms with Crippen LogP contribution in [0.15, 0.2) is 18.3 Å². The fourth-order valence-corrected chi connectivity index (χ4v) is 2.41. The van der Waals surface area contributed by atoms with E-state index < -0.39 is 0 Å². The van der Waals surface area contributed by atoms with Gasteiger partial charge >= 0.3 is 0 Å². The van der Waals surface area contributed by atoms with Gasteiger partial charge in [0, 0.05) is 30.4 Å². The summed E-state index contributed by atoms with van der Waals surface area (Å²) in [6.07, 6.45) is 3.17. The van der Waals surface area contributed by atoms with Crippen molar-refractivity contribution >= 4 is 11.6 Å². The Kier molecular flexibility index (Phi) is 4.37. The van der Waals surface area contributed by atoms with E-state index in [1.165, 1.54) is 0 Å². The van der Waals surface area contributed by atoms with E-state index >= 15 is 0 Å². The van der Waals surface area contributed by atoms with Crippen molar-refractivity contribution < 1.29 is 4.74 Å². The maximum atomic E-state index is 5.98. The lowest BCUT2D eigenvalue weighted by Crippen LogP contribution is -2.47. The average Bonchev–Trinajstić information content (AvgIpc) is 2.29. The molecule has 1 fully saturated rings. The van der Waals surface area contributed by atoms with Crippen LogP contribution in [0.2, 0.25) is 5.02 Å². The Morgan fingerprint density at radius 2 is 2.41 bits per heavy atom. The van der Waals surface area contributed by atoms with Crippen molar-refractivity contribution in [1.29, 1.82) is 0 Å². The fraction of sp³-hybridized carbons (Fsp3) is 0.615. The molecule has 0 aliphatic carbocycles. The van der Waals surface area contributed by atoms with Crippen LogP contribution in [-0.2, 0) is 11.3 Å². The molecule has 1 saturated heterocycles. The molecule has 0 amide bonds. The first kappa shape index (κ1) is 12.8. The van der Waals surface area contributed by atoms with E-state index in [0.717, 1.165) is 36.8 Å². The molecule has 0 saturated carbocycles. The minimum Gasteiger partial charge on any atom is -0.376 e. The molecule has 0 N–H and O–H groups in total. The SMILES string of the molecule is CCC1COC(C)CN1Cc1cc(Cl)ccn1. The van der Waals surface area contributed by atoms with E-state index in [2.05, 4.69) is 23.7 Å². The second-order valence-electron chi connectivity index (χ2n) is 4.60. The third-order valence-corrected chi connectivity index (χ3v) is 3.43. The monoisotopic (exact) mass is 254 g/mol. The lowest BCUT2D eigenvalue weighted by molar-refractivity contribution is -0.0595. The van der Waals surface area contributed by atoms with E-state index in [1.54, 1.807) is 6.20 Å². The highest BCUT2D eigenvalue weighted by molar-refractivity contribution is 6.30. The fourth-order valence-electron chi connectivity index (χ4n) is 2.23. The van der Waals surface area contributed by atoms with Crippen molar-refractivity contribution in [2.24, 2.45) is 0 Å². The van der Waals surface area contributed by atoms with E-state index in [9.17, 15) is 0 Å². The average molecular weight is 255 g/mol. The number of nitrogens with zero attached hydrogens (tertiary/aromatic N) is 2. The Morgan fingerprint density at radius 1 is 1.59 bits per heavy atom. The topological polar surface area (TPSA) is 25.4 Å². The van der Waals surface area contributed by atoms with Crippen LogP contribution in [0.5, 0.6) is 0 Å². The molecular formula is C13H19ClN2O. The number of morpholine rings is 1. The van der Waals surface area contributed by atoms with Crippen molar-refractivity contribution in [3.8, 4) is 0 Å². The van der Waals surface area contributed by atoms with Gasteiger partial charge < -0.3 is 4.74 Å². The highest BCUT2D eigenvalue weighted by Gasteiger charge is 2.25. The zero-order valence-corrected chi connectivity index (χ0v) is 11.2. The van der Waals surface area contributed by atoms with Crippen LogP contribution >= 0.6 is 11.6 Å². The number of rotatable bonds is 3. The van der Waals surface area contributed by atoms with Crippen LogP contribution < -0.4 is 0 Å². The van der Waals surface area contributed by atoms with Gasteiger partial charge in [-0.15, -0.1) is 0 Å². The zero-order chi connectivity index (χ0) is 12.3. The zero-order valence-electron chi connectivity index (χ0n) is 10.4. The molecule has 1 aliphatic rings. The third-order valence-electron chi connectivity index (χ3n) is 3.20. The minimum atomic E-state index is 0.303. The Hall–Kier alpha value is -0.640. The molecule has 3 nitrogen and oxygen atoms in total. The van der Waals surface area contributed by atoms with Gasteiger partial charge in [0.1, 0.15) is 0 Å². The molecule has 0 aromatic carbocycles. The second-order valence-corrected chi connectivity index (χ2v) is 5.04. The number of hydrogen-bond acceptors (Lipinski definition) is 3. The summed E-state index contributed by atoms with van der Waals surface area (Å²) < 4.78 is 5.68. The first-order valence-corrected chi connectivity index (χ1v) is 6.53. The van der Waals surface area contributed by atoms with Crippen LogP contribution in [-0.4, -0.2) is 35.2 Å². The number of hydrogen-bond donors (Lipinski definition) is 0. The largest absolute Gasteiger partial charge is 0.376 e. The first-order valence-electron chi connectivity index (χ1n) is 6.15. The van der Waals surface area contributed by atoms with Gasteiger partial charge in [-0.2, -0.15) is 0 Å². The summed E-state index contributed by atoms with van der Waals surface area (Å²) in [4.78, 5) is 6.80. The van der Waals surface area contributed by atoms with Gasteiger partial charge in [0.05, 0.1) is 18.4 Å². The normalized spacial score (nSPS) is 26.1. The van der Waals surface area contributed by atoms with Crippen LogP contribution in [0.25, 0.3) is 0 Å². The highest BCUT2D eigenvalue weighted by Crippen LogP contribution is 2.18. The number of halogens is 1. The van der Waals surface area contributed by atoms with Crippen LogP contribution in [0.1, 0.15) is 26.0 Å². The predicted molar refractivity (Wildman–Crippen MR) is 69.2 cm³/mol. The maximum absolute atomic E-state index is 5.98. The van der Waals surface area contributed by atoms with Gasteiger partial charge in [-0.1, -0.05) is 18.5 Å². The van der Waals surface area contributed by atoms with E-state index in [-0.39, 0.29) is 0 Å². The molecule has 1 aliphatic heterocycles. The van der Waals surface area contributed by atoms with Crippen molar-refractivity contribution in [1.82, 2.24) is 9.88 Å². The second kappa shape index (κ2) is 5.80. The first-order chi connectivity index (χ1) is 8.19. The molecule has 0 spiro atoms. The molecular weight excluding hydrogens is 236 g/mol. The standard InChI is InChI=1S/C13H19ClN2O/c1-3-13-9-17-10(2)7-16(13)8-12-6-11(14)4-5-15-12/h4-6,10,13H,3,7-9H2,1-2H3. The van der Waals surface area contributed by atoms with E-state index in [0.29, 0.717) is 12.1 Å². The van der Waals surface area contributed by atoms with Crippen LogP contribution in [0.4, 0.5) is 0 Å². The van der Waals surface area contributed by atoms with Gasteiger partial charge in [-0.25, -0.2) is 0 Å². The maximum Gasteiger partial charge on any atom is 0.0674 e. The van der Waals surface area contributed by atoms with Gasteiger partial charge in [0.2, 0.25) is 0 Å². The molecule has 2 unspecified atom stereocenters. The summed E-state index contributed by atoms with van der Waals surface area (Å²) in [6.45, 7) is 6.95. The smallest absolute Gasteiger partial charge is 0.0674 e. The quantitative estimate of drug-likeness (QED) is 0.829. The van der Waals surface area contributed by atoms with Crippen molar-refractivity contribution in [3.05, 3.63) is 29.0 Å². The number of aromatic nitrogens is 1. The summed E-state index contributed by atoms with van der Waals surface area (Å²) in [5.41, 5.74) is 1.03. The number of pyridine rings is 1. The summed E-state index contributed by atoms with van der Waals surface area (Å²) >= 11 is 5.98. The Balaban J connectivity index is 2.04. The molecule has 0 radical (unpaired) electrons. The molecule has 94 valence electrons. The van der Waals surface area contributed by atoms with Crippen molar-refractivity contribution in [2.75, 3.05) is 13.2 Å². The Morgan fingerprint density at radius 3 is 3.12 bits per heavy atom. The molecule has 17 heavy (non-hydrogen) atoms. The van der Waals surface area contributed by atoms with Crippen molar-refractivity contribution in [3.63, 3.8) is 0 Å². The summed E-state index contributed by atoms with van der Waals surface area (Å²) in [5, 5.41) is 0.754. The van der Waals surface area contributed by atoms with Crippen LogP contribution in [0, 0.1) is 0 Å². The third kappa shape index (κ3) is 3.41. The molecule has 2 rings (SSSR count). The molecule has 0 bridgehead atoms. The Bertz CT molecular complexity index is 372. The van der Waals surface area contributed by atoms with Crippen molar-refractivity contribution in [2.45, 2.75) is 39.0 Å². The predicted octanol–water partition coefficient (Wildman–Crippen LogP) is 2.73. The molecule has 1 aromatic rings. The summed E-state index contributed by atoms with van der Waals surface area (Å²) in [6, 6.07) is 4.24.